The van der Waals surface area contributed by atoms with Gasteiger partial charge in [0.05, 0.1) is 16.6 Å². The number of aromatic nitrogens is 2. The molecule has 0 spiro atoms. The molecule has 2 aromatic heterocycles. The van der Waals surface area contributed by atoms with Gasteiger partial charge in [-0.3, -0.25) is 4.79 Å². The first-order valence-electron chi connectivity index (χ1n) is 9.23. The summed E-state index contributed by atoms with van der Waals surface area (Å²) < 4.78 is 5.51. The summed E-state index contributed by atoms with van der Waals surface area (Å²) in [5.41, 5.74) is 3.16. The van der Waals surface area contributed by atoms with E-state index < -0.39 is 0 Å². The van der Waals surface area contributed by atoms with Gasteiger partial charge < -0.3 is 9.42 Å². The van der Waals surface area contributed by atoms with E-state index in [1.807, 2.05) is 6.07 Å². The van der Waals surface area contributed by atoms with Crippen molar-refractivity contribution in [3.8, 4) is 0 Å². The lowest BCUT2D eigenvalue weighted by atomic mass is 10.0. The van der Waals surface area contributed by atoms with Crippen LogP contribution in [0.15, 0.2) is 10.6 Å². The Balaban J connectivity index is 1.64. The van der Waals surface area contributed by atoms with E-state index in [1.54, 1.807) is 0 Å². The van der Waals surface area contributed by atoms with Crippen molar-refractivity contribution >= 4 is 17.0 Å². The van der Waals surface area contributed by atoms with E-state index in [0.717, 1.165) is 48.1 Å². The number of carbonyl (C=O) groups excluding carboxylic acids is 1. The molecule has 2 atom stereocenters. The molecule has 2 aromatic rings. The highest BCUT2D eigenvalue weighted by molar-refractivity contribution is 6.06. The van der Waals surface area contributed by atoms with Crippen molar-refractivity contribution in [3.05, 3.63) is 23.0 Å². The molecular formula is C19H23N3O2. The topological polar surface area (TPSA) is 59.2 Å². The molecule has 0 unspecified atom stereocenters. The maximum absolute atomic E-state index is 13.3. The second-order valence-corrected chi connectivity index (χ2v) is 8.06. The number of hydrogen-bond donors (Lipinski definition) is 0. The minimum absolute atomic E-state index is 0.154. The fraction of sp³-hybridized carbons (Fsp3) is 0.632. The molecule has 5 nitrogen and oxygen atoms in total. The van der Waals surface area contributed by atoms with E-state index in [2.05, 4.69) is 28.9 Å². The average molecular weight is 325 g/mol. The van der Waals surface area contributed by atoms with Crippen molar-refractivity contribution in [2.45, 2.75) is 63.8 Å². The summed E-state index contributed by atoms with van der Waals surface area (Å²) in [5, 5.41) is 5.06. The van der Waals surface area contributed by atoms with Gasteiger partial charge in [-0.1, -0.05) is 19.0 Å². The van der Waals surface area contributed by atoms with E-state index in [-0.39, 0.29) is 11.8 Å². The Morgan fingerprint density at radius 1 is 1.29 bits per heavy atom. The van der Waals surface area contributed by atoms with Gasteiger partial charge in [0.25, 0.3) is 11.6 Å². The fourth-order valence-electron chi connectivity index (χ4n) is 4.47. The lowest BCUT2D eigenvalue weighted by Crippen LogP contribution is -2.37. The summed E-state index contributed by atoms with van der Waals surface area (Å²) in [6, 6.07) is 2.45. The Morgan fingerprint density at radius 3 is 2.75 bits per heavy atom. The number of piperidine rings is 1. The molecule has 1 saturated heterocycles. The predicted molar refractivity (Wildman–Crippen MR) is 90.0 cm³/mol. The lowest BCUT2D eigenvalue weighted by Gasteiger charge is -2.27. The van der Waals surface area contributed by atoms with Crippen LogP contribution in [0.3, 0.4) is 0 Å². The van der Waals surface area contributed by atoms with Gasteiger partial charge in [0.2, 0.25) is 0 Å². The third-order valence-corrected chi connectivity index (χ3v) is 5.94. The van der Waals surface area contributed by atoms with Crippen molar-refractivity contribution < 1.29 is 9.32 Å². The molecule has 3 heterocycles. The largest absolute Gasteiger partial charge is 0.335 e. The van der Waals surface area contributed by atoms with Crippen LogP contribution in [0, 0.1) is 5.92 Å². The van der Waals surface area contributed by atoms with Crippen LogP contribution in [0.1, 0.15) is 79.5 Å². The smallest absolute Gasteiger partial charge is 0.259 e. The SMILES string of the molecule is CC(C)c1noc2nc(C3CC3)cc(C(=O)N3C[C@@H]4CC[C@H]3C4)c12. The number of rotatable bonds is 3. The van der Waals surface area contributed by atoms with Crippen molar-refractivity contribution in [2.24, 2.45) is 5.92 Å². The Bertz CT molecular complexity index is 821. The van der Waals surface area contributed by atoms with Crippen LogP contribution >= 0.6 is 0 Å². The van der Waals surface area contributed by atoms with Crippen molar-refractivity contribution in [3.63, 3.8) is 0 Å². The lowest BCUT2D eigenvalue weighted by molar-refractivity contribution is 0.0705. The van der Waals surface area contributed by atoms with Gasteiger partial charge in [0.1, 0.15) is 0 Å². The average Bonchev–Trinajstić information content (AvgIpc) is 3.02. The molecule has 2 saturated carbocycles. The van der Waals surface area contributed by atoms with Crippen LogP contribution in [0.5, 0.6) is 0 Å². The second kappa shape index (κ2) is 5.04. The van der Waals surface area contributed by atoms with Gasteiger partial charge in [0.15, 0.2) is 0 Å². The highest BCUT2D eigenvalue weighted by Gasteiger charge is 2.41. The summed E-state index contributed by atoms with van der Waals surface area (Å²) in [6.07, 6.45) is 5.92. The highest BCUT2D eigenvalue weighted by Crippen LogP contribution is 2.42. The molecule has 0 aromatic carbocycles. The van der Waals surface area contributed by atoms with Crippen LogP contribution in [0.4, 0.5) is 0 Å². The number of carbonyl (C=O) groups is 1. The van der Waals surface area contributed by atoms with Crippen LogP contribution in [-0.4, -0.2) is 33.5 Å². The molecule has 2 aliphatic carbocycles. The normalized spacial score (nSPS) is 26.0. The van der Waals surface area contributed by atoms with E-state index in [9.17, 15) is 4.79 Å². The summed E-state index contributed by atoms with van der Waals surface area (Å²) in [5.74, 6) is 1.55. The first-order valence-corrected chi connectivity index (χ1v) is 9.23. The molecule has 5 rings (SSSR count). The molecule has 5 heteroatoms. The maximum atomic E-state index is 13.3. The van der Waals surface area contributed by atoms with E-state index in [1.165, 1.54) is 12.8 Å². The zero-order chi connectivity index (χ0) is 16.4. The van der Waals surface area contributed by atoms with Crippen LogP contribution in [0.25, 0.3) is 11.1 Å². The van der Waals surface area contributed by atoms with Crippen molar-refractivity contribution in [2.75, 3.05) is 6.54 Å². The Hall–Kier alpha value is -1.91. The number of hydrogen-bond acceptors (Lipinski definition) is 4. The number of nitrogens with zero attached hydrogens (tertiary/aromatic N) is 3. The number of fused-ring (bicyclic) bond motifs is 3. The van der Waals surface area contributed by atoms with Crippen LogP contribution < -0.4 is 0 Å². The summed E-state index contributed by atoms with van der Waals surface area (Å²) in [4.78, 5) is 20.1. The third kappa shape index (κ3) is 2.10. The zero-order valence-corrected chi connectivity index (χ0v) is 14.3. The summed E-state index contributed by atoms with van der Waals surface area (Å²) in [6.45, 7) is 5.07. The van der Waals surface area contributed by atoms with Gasteiger partial charge in [-0.2, -0.15) is 0 Å². The minimum atomic E-state index is 0.154. The monoisotopic (exact) mass is 325 g/mol. The standard InChI is InChI=1S/C19H23N3O2/c1-10(2)17-16-14(19(23)22-9-11-3-6-13(22)7-11)8-15(12-4-5-12)20-18(16)24-21-17/h8,10-13H,3-7,9H2,1-2H3/t11-,13+/m1/s1. The second-order valence-electron chi connectivity index (χ2n) is 8.06. The Kier molecular flexibility index (Phi) is 3.03. The maximum Gasteiger partial charge on any atom is 0.259 e. The fourth-order valence-corrected chi connectivity index (χ4v) is 4.47. The van der Waals surface area contributed by atoms with Gasteiger partial charge in [-0.25, -0.2) is 4.98 Å². The zero-order valence-electron chi connectivity index (χ0n) is 14.3. The van der Waals surface area contributed by atoms with E-state index in [0.29, 0.717) is 23.6 Å². The molecule has 2 bridgehead atoms. The van der Waals surface area contributed by atoms with E-state index in [4.69, 9.17) is 4.52 Å². The summed E-state index contributed by atoms with van der Waals surface area (Å²) >= 11 is 0. The molecule has 1 amide bonds. The van der Waals surface area contributed by atoms with Gasteiger partial charge in [0, 0.05) is 24.2 Å². The first kappa shape index (κ1) is 14.4. The Morgan fingerprint density at radius 2 is 2.12 bits per heavy atom. The van der Waals surface area contributed by atoms with Gasteiger partial charge in [-0.15, -0.1) is 0 Å². The number of amides is 1. The number of pyridine rings is 1. The number of likely N-dealkylation sites (tertiary alicyclic amines) is 1. The quantitative estimate of drug-likeness (QED) is 0.860. The van der Waals surface area contributed by atoms with Crippen molar-refractivity contribution in [1.29, 1.82) is 0 Å². The van der Waals surface area contributed by atoms with Gasteiger partial charge >= 0.3 is 0 Å². The van der Waals surface area contributed by atoms with Crippen LogP contribution in [-0.2, 0) is 0 Å². The van der Waals surface area contributed by atoms with Crippen LogP contribution in [0.2, 0.25) is 0 Å². The van der Waals surface area contributed by atoms with Crippen molar-refractivity contribution in [1.82, 2.24) is 15.0 Å². The molecule has 3 aliphatic rings. The first-order chi connectivity index (χ1) is 11.6. The molecule has 24 heavy (non-hydrogen) atoms. The molecule has 3 fully saturated rings. The Labute approximate surface area is 141 Å². The third-order valence-electron chi connectivity index (χ3n) is 5.94. The summed E-state index contributed by atoms with van der Waals surface area (Å²) in [7, 11) is 0. The predicted octanol–water partition coefficient (Wildman–Crippen LogP) is 3.85. The van der Waals surface area contributed by atoms with Gasteiger partial charge in [-0.05, 0) is 50.0 Å². The molecule has 126 valence electrons. The van der Waals surface area contributed by atoms with E-state index >= 15 is 0 Å². The highest BCUT2D eigenvalue weighted by atomic mass is 16.5. The molecular weight excluding hydrogens is 302 g/mol. The minimum Gasteiger partial charge on any atom is -0.335 e. The molecule has 1 aliphatic heterocycles. The molecule has 0 N–H and O–H groups in total. The molecule has 0 radical (unpaired) electrons.